The minimum absolute atomic E-state index is 0.338. The second kappa shape index (κ2) is 21.8. The lowest BCUT2D eigenvalue weighted by Gasteiger charge is -2.39. The van der Waals surface area contributed by atoms with E-state index in [1.165, 1.54) is 51.4 Å². The van der Waals surface area contributed by atoms with Crippen molar-refractivity contribution >= 4 is 0 Å². The molecule has 3 unspecified atom stereocenters. The molecule has 0 amide bonds. The van der Waals surface area contributed by atoms with Crippen molar-refractivity contribution in [3.05, 3.63) is 38.6 Å². The van der Waals surface area contributed by atoms with Crippen LogP contribution >= 0.6 is 0 Å². The summed E-state index contributed by atoms with van der Waals surface area (Å²) in [6.45, 7) is 24.7. The first-order valence-electron chi connectivity index (χ1n) is 10.6. The first-order valence-corrected chi connectivity index (χ1v) is 10.6. The zero-order valence-corrected chi connectivity index (χ0v) is 19.1. The molecule has 3 nitrogen and oxygen atoms in total. The van der Waals surface area contributed by atoms with Gasteiger partial charge in [0.15, 0.2) is 0 Å². The Morgan fingerprint density at radius 1 is 1.14 bits per heavy atom. The quantitative estimate of drug-likeness (QED) is 0.431. The summed E-state index contributed by atoms with van der Waals surface area (Å²) in [7, 11) is 0. The van der Waals surface area contributed by atoms with Crippen LogP contribution in [0, 0.1) is 18.3 Å². The Labute approximate surface area is 176 Å². The third kappa shape index (κ3) is 15.5. The summed E-state index contributed by atoms with van der Waals surface area (Å²) >= 11 is 0. The topological polar surface area (TPSA) is 47.3 Å². The Morgan fingerprint density at radius 3 is 2.18 bits per heavy atom. The van der Waals surface area contributed by atoms with Gasteiger partial charge in [-0.2, -0.15) is 0 Å². The van der Waals surface area contributed by atoms with Crippen molar-refractivity contribution in [2.45, 2.75) is 90.7 Å². The van der Waals surface area contributed by atoms with Crippen molar-refractivity contribution in [3.63, 3.8) is 0 Å². The first kappa shape index (κ1) is 31.2. The number of piperidine rings is 1. The molecule has 3 N–H and O–H groups in total. The lowest BCUT2D eigenvalue weighted by Crippen LogP contribution is -2.45. The molecule has 0 radical (unpaired) electrons. The summed E-state index contributed by atoms with van der Waals surface area (Å²) in [5, 5.41) is 3.41. The monoisotopic (exact) mass is 392 g/mol. The zero-order valence-electron chi connectivity index (χ0n) is 19.1. The van der Waals surface area contributed by atoms with E-state index in [1.807, 2.05) is 0 Å². The van der Waals surface area contributed by atoms with Gasteiger partial charge in [0.05, 0.1) is 6.10 Å². The molecule has 0 spiro atoms. The van der Waals surface area contributed by atoms with Crippen LogP contribution in [0.5, 0.6) is 0 Å². The number of ether oxygens (including phenoxy) is 1. The van der Waals surface area contributed by atoms with Crippen LogP contribution in [0.1, 0.15) is 78.6 Å². The summed E-state index contributed by atoms with van der Waals surface area (Å²) in [5.41, 5.74) is 7.00. The number of hydrogen-bond acceptors (Lipinski definition) is 3. The van der Waals surface area contributed by atoms with Crippen molar-refractivity contribution in [1.29, 1.82) is 0 Å². The molecule has 0 aromatic heterocycles. The highest BCUT2D eigenvalue weighted by atomic mass is 16.5. The second-order valence-electron chi connectivity index (χ2n) is 7.37. The first-order chi connectivity index (χ1) is 13.5. The van der Waals surface area contributed by atoms with Crippen molar-refractivity contribution in [3.8, 4) is 12.8 Å². The van der Waals surface area contributed by atoms with E-state index in [-0.39, 0.29) is 0 Å². The largest absolute Gasteiger partial charge is 0.401 e. The maximum Gasteiger partial charge on any atom is 0.0575 e. The fourth-order valence-corrected chi connectivity index (χ4v) is 3.67. The van der Waals surface area contributed by atoms with Gasteiger partial charge < -0.3 is 15.8 Å². The van der Waals surface area contributed by atoms with Gasteiger partial charge in [-0.1, -0.05) is 40.2 Å². The van der Waals surface area contributed by atoms with Crippen molar-refractivity contribution < 1.29 is 4.74 Å². The van der Waals surface area contributed by atoms with Gasteiger partial charge in [-0.3, -0.25) is 0 Å². The lowest BCUT2D eigenvalue weighted by molar-refractivity contribution is 0.0109. The molecule has 3 atom stereocenters. The molecule has 0 aromatic carbocycles. The highest BCUT2D eigenvalue weighted by molar-refractivity contribution is 5.04. The van der Waals surface area contributed by atoms with E-state index in [0.717, 1.165) is 25.3 Å². The molecule has 2 aliphatic rings. The second-order valence-corrected chi connectivity index (χ2v) is 7.37. The molecule has 2 rings (SSSR count). The Morgan fingerprint density at radius 2 is 1.75 bits per heavy atom. The van der Waals surface area contributed by atoms with Crippen molar-refractivity contribution in [1.82, 2.24) is 5.32 Å². The molecule has 28 heavy (non-hydrogen) atoms. The summed E-state index contributed by atoms with van der Waals surface area (Å²) in [6.07, 6.45) is 20.1. The van der Waals surface area contributed by atoms with E-state index in [1.54, 1.807) is 0 Å². The SMILES string of the molecule is C#C.C=C.C=C.C=C(N)C1CC(C)(CCC)CCN1.CCCC1CCCCO1. The Balaban J connectivity index is -0.000000364. The number of rotatable bonds is 5. The number of nitrogens with two attached hydrogens (primary N) is 1. The average Bonchev–Trinajstić information content (AvgIpc) is 2.74. The van der Waals surface area contributed by atoms with Gasteiger partial charge in [0.1, 0.15) is 0 Å². The predicted molar refractivity (Wildman–Crippen MR) is 128 cm³/mol. The molecular weight excluding hydrogens is 344 g/mol. The van der Waals surface area contributed by atoms with Crippen LogP contribution in [0.15, 0.2) is 38.6 Å². The summed E-state index contributed by atoms with van der Waals surface area (Å²) in [4.78, 5) is 0. The third-order valence-corrected chi connectivity index (χ3v) is 5.00. The Hall–Kier alpha value is -1.50. The smallest absolute Gasteiger partial charge is 0.0575 e. The minimum Gasteiger partial charge on any atom is -0.401 e. The fourth-order valence-electron chi connectivity index (χ4n) is 3.67. The van der Waals surface area contributed by atoms with E-state index in [9.17, 15) is 0 Å². The van der Waals surface area contributed by atoms with E-state index in [0.29, 0.717) is 17.6 Å². The molecule has 2 fully saturated rings. The van der Waals surface area contributed by atoms with Gasteiger partial charge in [0.25, 0.3) is 0 Å². The average molecular weight is 393 g/mol. The molecule has 2 saturated heterocycles. The number of terminal acetylenes is 1. The maximum atomic E-state index is 5.73. The Bertz CT molecular complexity index is 365. The van der Waals surface area contributed by atoms with E-state index in [2.05, 4.69) is 71.8 Å². The van der Waals surface area contributed by atoms with Crippen LogP contribution in [0.25, 0.3) is 0 Å². The standard InChI is InChI=1S/C11H22N2.C8H16O.2C2H4.C2H2/c1-4-5-11(3)6-7-13-10(8-11)9(2)12;1-2-5-8-6-3-4-7-9-8;3*1-2/h10,13H,2,4-8,12H2,1,3H3;8H,2-7H2,1H3;2*1-2H2;1-2H. The predicted octanol–water partition coefficient (Wildman–Crippen LogP) is 6.23. The zero-order chi connectivity index (χ0) is 22.4. The van der Waals surface area contributed by atoms with Crippen LogP contribution in [-0.4, -0.2) is 25.3 Å². The van der Waals surface area contributed by atoms with Crippen molar-refractivity contribution in [2.24, 2.45) is 11.1 Å². The van der Waals surface area contributed by atoms with Gasteiger partial charge in [0, 0.05) is 18.3 Å². The molecule has 164 valence electrons. The molecule has 0 bridgehead atoms. The van der Waals surface area contributed by atoms with E-state index in [4.69, 9.17) is 10.5 Å². The van der Waals surface area contributed by atoms with Crippen LogP contribution in [0.3, 0.4) is 0 Å². The molecule has 3 heteroatoms. The molecule has 0 aliphatic carbocycles. The van der Waals surface area contributed by atoms with Gasteiger partial charge in [0.2, 0.25) is 0 Å². The summed E-state index contributed by atoms with van der Waals surface area (Å²) in [6, 6.07) is 0.338. The fraction of sp³-hybridized carbons (Fsp3) is 0.680. The number of nitrogens with one attached hydrogen (secondary N) is 1. The highest BCUT2D eigenvalue weighted by Gasteiger charge is 2.31. The highest BCUT2D eigenvalue weighted by Crippen LogP contribution is 2.36. The van der Waals surface area contributed by atoms with Gasteiger partial charge in [-0.05, 0) is 56.9 Å². The summed E-state index contributed by atoms with van der Waals surface area (Å²) in [5.74, 6) is 0. The van der Waals surface area contributed by atoms with Crippen LogP contribution in [0.4, 0.5) is 0 Å². The molecule has 0 saturated carbocycles. The molecule has 2 heterocycles. The van der Waals surface area contributed by atoms with Gasteiger partial charge >= 0.3 is 0 Å². The number of hydrogen-bond donors (Lipinski definition) is 2. The maximum absolute atomic E-state index is 5.73. The normalized spacial score (nSPS) is 25.5. The van der Waals surface area contributed by atoms with Crippen LogP contribution in [0.2, 0.25) is 0 Å². The molecule has 0 aromatic rings. The van der Waals surface area contributed by atoms with E-state index < -0.39 is 0 Å². The minimum atomic E-state index is 0.338. The summed E-state index contributed by atoms with van der Waals surface area (Å²) < 4.78 is 5.52. The molecular formula is C25H48N2O. The van der Waals surface area contributed by atoms with Crippen LogP contribution < -0.4 is 11.1 Å². The molecule has 2 aliphatic heterocycles. The van der Waals surface area contributed by atoms with Crippen molar-refractivity contribution in [2.75, 3.05) is 13.2 Å². The Kier molecular flexibility index (Phi) is 24.3. The van der Waals surface area contributed by atoms with Gasteiger partial charge in [-0.15, -0.1) is 39.2 Å². The van der Waals surface area contributed by atoms with Crippen LogP contribution in [-0.2, 0) is 4.74 Å². The third-order valence-electron chi connectivity index (χ3n) is 5.00. The lowest BCUT2D eigenvalue weighted by atomic mass is 9.74. The van der Waals surface area contributed by atoms with Gasteiger partial charge in [-0.25, -0.2) is 0 Å². The van der Waals surface area contributed by atoms with E-state index >= 15 is 0 Å².